The van der Waals surface area contributed by atoms with E-state index in [-0.39, 0.29) is 23.9 Å². The first-order chi connectivity index (χ1) is 16.6. The van der Waals surface area contributed by atoms with E-state index < -0.39 is 6.04 Å². The Hall–Kier alpha value is -3.03. The van der Waals surface area contributed by atoms with Gasteiger partial charge in [-0.1, -0.05) is 24.3 Å². The van der Waals surface area contributed by atoms with E-state index in [1.807, 2.05) is 12.1 Å². The molecule has 0 unspecified atom stereocenters. The lowest BCUT2D eigenvalue weighted by Crippen LogP contribution is -2.41. The lowest BCUT2D eigenvalue weighted by molar-refractivity contribution is -0.128. The number of carbonyl (C=O) groups is 3. The van der Waals surface area contributed by atoms with Crippen LogP contribution in [0.2, 0.25) is 0 Å². The summed E-state index contributed by atoms with van der Waals surface area (Å²) in [6.45, 7) is 5.28. The largest absolute Gasteiger partial charge is 0.489 e. The van der Waals surface area contributed by atoms with Crippen LogP contribution in [0, 0.1) is 0 Å². The molecule has 178 valence electrons. The number of carbonyl (C=O) groups excluding carboxylic acids is 3. The third kappa shape index (κ3) is 5.05. The molecule has 2 aromatic carbocycles. The van der Waals surface area contributed by atoms with Gasteiger partial charge in [0.1, 0.15) is 18.1 Å². The van der Waals surface area contributed by atoms with Crippen molar-refractivity contribution in [2.75, 3.05) is 26.3 Å². The Balaban J connectivity index is 1.19. The van der Waals surface area contributed by atoms with E-state index in [9.17, 15) is 14.4 Å². The molecule has 0 radical (unpaired) electrons. The highest BCUT2D eigenvalue weighted by molar-refractivity contribution is 6.06. The summed E-state index contributed by atoms with van der Waals surface area (Å²) in [6.07, 6.45) is 1.55. The fourth-order valence-corrected chi connectivity index (χ4v) is 4.97. The molecule has 2 aromatic rings. The molecule has 2 heterocycles. The van der Waals surface area contributed by atoms with Gasteiger partial charge in [-0.15, -0.1) is 0 Å². The van der Waals surface area contributed by atoms with Gasteiger partial charge in [-0.2, -0.15) is 0 Å². The molecular weight excluding hydrogens is 432 g/mol. The van der Waals surface area contributed by atoms with Gasteiger partial charge in [0.25, 0.3) is 5.91 Å². The number of hydrogen-bond acceptors (Lipinski definition) is 6. The molecular formula is C27H30N2O5. The summed E-state index contributed by atoms with van der Waals surface area (Å²) in [7, 11) is 0. The van der Waals surface area contributed by atoms with Crippen molar-refractivity contribution in [3.05, 3.63) is 64.7 Å². The van der Waals surface area contributed by atoms with Gasteiger partial charge in [0.05, 0.1) is 25.7 Å². The Morgan fingerprint density at radius 1 is 0.971 bits per heavy atom. The third-order valence-electron chi connectivity index (χ3n) is 6.90. The summed E-state index contributed by atoms with van der Waals surface area (Å²) in [5.41, 5.74) is 3.84. The number of rotatable bonds is 6. The van der Waals surface area contributed by atoms with Gasteiger partial charge in [-0.25, -0.2) is 0 Å². The van der Waals surface area contributed by atoms with Crippen molar-refractivity contribution in [2.45, 2.75) is 51.4 Å². The predicted octanol–water partition coefficient (Wildman–Crippen LogP) is 3.13. The molecule has 3 aliphatic rings. The van der Waals surface area contributed by atoms with Crippen LogP contribution in [0.5, 0.6) is 5.75 Å². The Bertz CT molecular complexity index is 1070. The summed E-state index contributed by atoms with van der Waals surface area (Å²) in [6, 6.07) is 13.4. The number of nitrogens with zero attached hydrogens (tertiary/aromatic N) is 2. The second kappa shape index (κ2) is 10.1. The molecule has 2 aliphatic heterocycles. The first kappa shape index (κ1) is 22.7. The molecule has 2 fully saturated rings. The summed E-state index contributed by atoms with van der Waals surface area (Å²) in [5, 5.41) is 0. The number of Topliss-reactive ketones (excluding diaryl/α,β-unsaturated/α-hetero) is 2. The van der Waals surface area contributed by atoms with Crippen molar-refractivity contribution in [1.82, 2.24) is 9.80 Å². The highest BCUT2D eigenvalue weighted by atomic mass is 16.5. The average Bonchev–Trinajstić information content (AvgIpc) is 3.06. The fourth-order valence-electron chi connectivity index (χ4n) is 4.97. The lowest BCUT2D eigenvalue weighted by atomic mass is 10.1. The minimum absolute atomic E-state index is 0.0264. The fraction of sp³-hybridized carbons (Fsp3) is 0.444. The first-order valence-corrected chi connectivity index (χ1v) is 12.1. The van der Waals surface area contributed by atoms with Gasteiger partial charge in [-0.3, -0.25) is 19.3 Å². The van der Waals surface area contributed by atoms with Gasteiger partial charge in [0, 0.05) is 38.2 Å². The number of ether oxygens (including phenoxy) is 2. The summed E-state index contributed by atoms with van der Waals surface area (Å²) >= 11 is 0. The average molecular weight is 463 g/mol. The zero-order valence-corrected chi connectivity index (χ0v) is 19.3. The summed E-state index contributed by atoms with van der Waals surface area (Å²) in [4.78, 5) is 41.2. The zero-order chi connectivity index (χ0) is 23.5. The maximum Gasteiger partial charge on any atom is 0.255 e. The highest BCUT2D eigenvalue weighted by Gasteiger charge is 2.37. The minimum Gasteiger partial charge on any atom is -0.489 e. The number of hydrogen-bond donors (Lipinski definition) is 0. The van der Waals surface area contributed by atoms with Crippen molar-refractivity contribution in [2.24, 2.45) is 0 Å². The Morgan fingerprint density at radius 3 is 2.53 bits per heavy atom. The minimum atomic E-state index is -0.508. The molecule has 0 bridgehead atoms. The van der Waals surface area contributed by atoms with E-state index in [1.165, 1.54) is 5.56 Å². The molecule has 1 aliphatic carbocycles. The second-order valence-electron chi connectivity index (χ2n) is 9.34. The molecule has 7 nitrogen and oxygen atoms in total. The number of morpholine rings is 1. The summed E-state index contributed by atoms with van der Waals surface area (Å²) < 4.78 is 11.4. The predicted molar refractivity (Wildman–Crippen MR) is 125 cm³/mol. The molecule has 0 aromatic heterocycles. The van der Waals surface area contributed by atoms with Crippen molar-refractivity contribution in [3.8, 4) is 5.75 Å². The number of amides is 1. The van der Waals surface area contributed by atoms with Gasteiger partial charge >= 0.3 is 0 Å². The monoisotopic (exact) mass is 462 g/mol. The number of benzene rings is 2. The number of ketones is 2. The SMILES string of the molecule is O=C1CCC[C@H](N2Cc3cc(OCc4ccc(CN5CCOCC5)cc4)ccc3C2=O)C(=O)C1. The van der Waals surface area contributed by atoms with Crippen LogP contribution in [0.25, 0.3) is 0 Å². The van der Waals surface area contributed by atoms with Gasteiger partial charge < -0.3 is 14.4 Å². The van der Waals surface area contributed by atoms with Crippen molar-refractivity contribution >= 4 is 17.5 Å². The molecule has 0 N–H and O–H groups in total. The maximum absolute atomic E-state index is 12.9. The normalized spacial score (nSPS) is 21.5. The number of fused-ring (bicyclic) bond motifs is 1. The first-order valence-electron chi connectivity index (χ1n) is 12.1. The zero-order valence-electron chi connectivity index (χ0n) is 19.3. The molecule has 0 spiro atoms. The Kier molecular flexibility index (Phi) is 6.74. The highest BCUT2D eigenvalue weighted by Crippen LogP contribution is 2.31. The van der Waals surface area contributed by atoms with Crippen LogP contribution in [0.1, 0.15) is 52.7 Å². The van der Waals surface area contributed by atoms with E-state index >= 15 is 0 Å². The van der Waals surface area contributed by atoms with Crippen molar-refractivity contribution < 1.29 is 23.9 Å². The molecule has 34 heavy (non-hydrogen) atoms. The van der Waals surface area contributed by atoms with Crippen LogP contribution in [-0.4, -0.2) is 59.6 Å². The van der Waals surface area contributed by atoms with Crippen molar-refractivity contribution in [3.63, 3.8) is 0 Å². The maximum atomic E-state index is 12.9. The lowest BCUT2D eigenvalue weighted by Gasteiger charge is -2.26. The molecule has 7 heteroatoms. The second-order valence-corrected chi connectivity index (χ2v) is 9.34. The van der Waals surface area contributed by atoms with Crippen LogP contribution in [0.15, 0.2) is 42.5 Å². The van der Waals surface area contributed by atoms with E-state index in [4.69, 9.17) is 9.47 Å². The van der Waals surface area contributed by atoms with Gasteiger partial charge in [0.15, 0.2) is 5.78 Å². The quantitative estimate of drug-likeness (QED) is 0.485. The van der Waals surface area contributed by atoms with E-state index in [2.05, 4.69) is 29.2 Å². The molecule has 1 amide bonds. The van der Waals surface area contributed by atoms with Crippen LogP contribution in [-0.2, 0) is 34.0 Å². The van der Waals surface area contributed by atoms with Gasteiger partial charge in [0.2, 0.25) is 0 Å². The summed E-state index contributed by atoms with van der Waals surface area (Å²) in [5.74, 6) is 0.400. The molecule has 1 atom stereocenters. The Labute approximate surface area is 199 Å². The van der Waals surface area contributed by atoms with Crippen LogP contribution >= 0.6 is 0 Å². The topological polar surface area (TPSA) is 76.2 Å². The van der Waals surface area contributed by atoms with E-state index in [0.29, 0.717) is 43.7 Å². The van der Waals surface area contributed by atoms with Crippen LogP contribution in [0.3, 0.4) is 0 Å². The van der Waals surface area contributed by atoms with Gasteiger partial charge in [-0.05, 0) is 47.7 Å². The van der Waals surface area contributed by atoms with E-state index in [0.717, 1.165) is 44.0 Å². The standard InChI is InChI=1S/C27H30N2O5/c30-22-2-1-3-25(26(31)15-22)29-17-21-14-23(8-9-24(21)27(29)32)34-18-20-6-4-19(5-7-20)16-28-10-12-33-13-11-28/h4-9,14,25H,1-3,10-13,15-18H2/t25-/m0/s1. The molecule has 1 saturated heterocycles. The van der Waals surface area contributed by atoms with Crippen LogP contribution < -0.4 is 4.74 Å². The molecule has 1 saturated carbocycles. The Morgan fingerprint density at radius 2 is 1.74 bits per heavy atom. The van der Waals surface area contributed by atoms with E-state index in [1.54, 1.807) is 11.0 Å². The smallest absolute Gasteiger partial charge is 0.255 e. The van der Waals surface area contributed by atoms with Crippen LogP contribution in [0.4, 0.5) is 0 Å². The third-order valence-corrected chi connectivity index (χ3v) is 6.90. The molecule has 5 rings (SSSR count). The van der Waals surface area contributed by atoms with Crippen molar-refractivity contribution in [1.29, 1.82) is 0 Å².